The lowest BCUT2D eigenvalue weighted by Crippen LogP contribution is -2.32. The Balaban J connectivity index is 2.29. The third-order valence-corrected chi connectivity index (χ3v) is 4.80. The highest BCUT2D eigenvalue weighted by Gasteiger charge is 2.22. The number of thioether (sulfide) groups is 1. The molecule has 0 aliphatic carbocycles. The summed E-state index contributed by atoms with van der Waals surface area (Å²) in [5.74, 6) is 0. The van der Waals surface area contributed by atoms with E-state index in [1.54, 1.807) is 23.1 Å². The highest BCUT2D eigenvalue weighted by atomic mass is 32.2. The molecule has 2 aromatic rings. The summed E-state index contributed by atoms with van der Waals surface area (Å²) in [7, 11) is 0. The second-order valence-corrected chi connectivity index (χ2v) is 6.28. The van der Waals surface area contributed by atoms with E-state index in [9.17, 15) is 0 Å². The maximum Gasteiger partial charge on any atom is 0.123 e. The Hall–Kier alpha value is -0.840. The Labute approximate surface area is 117 Å². The van der Waals surface area contributed by atoms with Gasteiger partial charge >= 0.3 is 0 Å². The Morgan fingerprint density at radius 3 is 2.56 bits per heavy atom. The molecule has 0 spiro atoms. The predicted octanol–water partition coefficient (Wildman–Crippen LogP) is 4.12. The summed E-state index contributed by atoms with van der Waals surface area (Å²) < 4.78 is 0. The van der Waals surface area contributed by atoms with Gasteiger partial charge in [0.1, 0.15) is 5.01 Å². The second kappa shape index (κ2) is 5.43. The molecule has 96 valence electrons. The van der Waals surface area contributed by atoms with Gasteiger partial charge in [0, 0.05) is 15.8 Å². The summed E-state index contributed by atoms with van der Waals surface area (Å²) >= 11 is 3.41. The van der Waals surface area contributed by atoms with E-state index in [4.69, 9.17) is 5.73 Å². The molecule has 2 nitrogen and oxygen atoms in total. The summed E-state index contributed by atoms with van der Waals surface area (Å²) in [5, 5.41) is 3.11. The van der Waals surface area contributed by atoms with Crippen molar-refractivity contribution in [2.75, 3.05) is 6.26 Å². The van der Waals surface area contributed by atoms with Gasteiger partial charge in [0.05, 0.1) is 11.2 Å². The smallest absolute Gasteiger partial charge is 0.123 e. The van der Waals surface area contributed by atoms with E-state index in [0.29, 0.717) is 0 Å². The standard InChI is InChI=1S/C14H18N2S2/c1-4-14(2,15)12-9-18-13(16-12)10-5-7-11(17-3)8-6-10/h5-9H,4,15H2,1-3H3. The van der Waals surface area contributed by atoms with Crippen LogP contribution < -0.4 is 5.73 Å². The molecule has 4 heteroatoms. The molecule has 1 unspecified atom stereocenters. The van der Waals surface area contributed by atoms with Crippen LogP contribution in [0.4, 0.5) is 0 Å². The first kappa shape index (κ1) is 13.6. The second-order valence-electron chi connectivity index (χ2n) is 4.54. The van der Waals surface area contributed by atoms with Gasteiger partial charge in [-0.15, -0.1) is 23.1 Å². The fraction of sp³-hybridized carbons (Fsp3) is 0.357. The van der Waals surface area contributed by atoms with E-state index in [1.165, 1.54) is 4.90 Å². The van der Waals surface area contributed by atoms with Crippen molar-refractivity contribution < 1.29 is 0 Å². The number of hydrogen-bond donors (Lipinski definition) is 1. The van der Waals surface area contributed by atoms with Crippen LogP contribution in [0.3, 0.4) is 0 Å². The number of thiazole rings is 1. The summed E-state index contributed by atoms with van der Waals surface area (Å²) in [4.78, 5) is 5.94. The quantitative estimate of drug-likeness (QED) is 0.855. The van der Waals surface area contributed by atoms with E-state index in [-0.39, 0.29) is 5.54 Å². The van der Waals surface area contributed by atoms with Crippen LogP contribution in [0.2, 0.25) is 0 Å². The molecule has 2 rings (SSSR count). The van der Waals surface area contributed by atoms with E-state index in [2.05, 4.69) is 47.8 Å². The minimum absolute atomic E-state index is 0.325. The van der Waals surface area contributed by atoms with Crippen LogP contribution in [-0.4, -0.2) is 11.2 Å². The molecular weight excluding hydrogens is 260 g/mol. The van der Waals surface area contributed by atoms with Gasteiger partial charge in [-0.1, -0.05) is 19.1 Å². The van der Waals surface area contributed by atoms with Crippen LogP contribution in [0.25, 0.3) is 10.6 Å². The van der Waals surface area contributed by atoms with Gasteiger partial charge in [-0.3, -0.25) is 0 Å². The minimum atomic E-state index is -0.325. The number of nitrogens with two attached hydrogens (primary N) is 1. The van der Waals surface area contributed by atoms with Crippen LogP contribution in [-0.2, 0) is 5.54 Å². The van der Waals surface area contributed by atoms with E-state index in [1.807, 2.05) is 6.92 Å². The molecule has 0 radical (unpaired) electrons. The van der Waals surface area contributed by atoms with Gasteiger partial charge in [0.15, 0.2) is 0 Å². The summed E-state index contributed by atoms with van der Waals surface area (Å²) in [5.41, 5.74) is 8.04. The number of rotatable bonds is 4. The van der Waals surface area contributed by atoms with Crippen molar-refractivity contribution in [3.63, 3.8) is 0 Å². The molecule has 1 heterocycles. The van der Waals surface area contributed by atoms with Crippen molar-refractivity contribution in [3.8, 4) is 10.6 Å². The number of benzene rings is 1. The molecule has 0 saturated heterocycles. The summed E-state index contributed by atoms with van der Waals surface area (Å²) in [6, 6.07) is 8.49. The number of nitrogens with zero attached hydrogens (tertiary/aromatic N) is 1. The largest absolute Gasteiger partial charge is 0.320 e. The predicted molar refractivity (Wildman–Crippen MR) is 81.2 cm³/mol. The van der Waals surface area contributed by atoms with E-state index >= 15 is 0 Å². The van der Waals surface area contributed by atoms with Gasteiger partial charge in [0.25, 0.3) is 0 Å². The average Bonchev–Trinajstić information content (AvgIpc) is 2.89. The maximum absolute atomic E-state index is 6.22. The van der Waals surface area contributed by atoms with Crippen LogP contribution in [0.5, 0.6) is 0 Å². The molecular formula is C14H18N2S2. The minimum Gasteiger partial charge on any atom is -0.320 e. The Morgan fingerprint density at radius 1 is 1.33 bits per heavy atom. The lowest BCUT2D eigenvalue weighted by Gasteiger charge is -2.19. The topological polar surface area (TPSA) is 38.9 Å². The van der Waals surface area contributed by atoms with E-state index in [0.717, 1.165) is 22.7 Å². The Kier molecular flexibility index (Phi) is 4.10. The highest BCUT2D eigenvalue weighted by Crippen LogP contribution is 2.30. The zero-order chi connectivity index (χ0) is 13.2. The molecule has 0 aliphatic rings. The lowest BCUT2D eigenvalue weighted by atomic mass is 9.97. The maximum atomic E-state index is 6.22. The molecule has 1 aromatic carbocycles. The third-order valence-electron chi connectivity index (χ3n) is 3.16. The Morgan fingerprint density at radius 2 is 2.00 bits per heavy atom. The third kappa shape index (κ3) is 2.76. The molecule has 2 N–H and O–H groups in total. The normalized spacial score (nSPS) is 14.4. The van der Waals surface area contributed by atoms with Crippen molar-refractivity contribution >= 4 is 23.1 Å². The monoisotopic (exact) mass is 278 g/mol. The Bertz CT molecular complexity index is 515. The van der Waals surface area contributed by atoms with Crippen LogP contribution in [0, 0.1) is 0 Å². The number of aromatic nitrogens is 1. The molecule has 0 bridgehead atoms. The van der Waals surface area contributed by atoms with Crippen molar-refractivity contribution in [2.24, 2.45) is 5.73 Å². The van der Waals surface area contributed by atoms with E-state index < -0.39 is 0 Å². The first-order chi connectivity index (χ1) is 8.56. The summed E-state index contributed by atoms with van der Waals surface area (Å²) in [6.07, 6.45) is 2.97. The molecule has 0 aliphatic heterocycles. The first-order valence-corrected chi connectivity index (χ1v) is 8.06. The molecule has 18 heavy (non-hydrogen) atoms. The van der Waals surface area contributed by atoms with Gasteiger partial charge in [-0.05, 0) is 31.7 Å². The first-order valence-electron chi connectivity index (χ1n) is 5.96. The molecule has 0 amide bonds. The lowest BCUT2D eigenvalue weighted by molar-refractivity contribution is 0.465. The van der Waals surface area contributed by atoms with Crippen molar-refractivity contribution in [1.82, 2.24) is 4.98 Å². The van der Waals surface area contributed by atoms with Gasteiger partial charge < -0.3 is 5.73 Å². The van der Waals surface area contributed by atoms with Gasteiger partial charge in [-0.25, -0.2) is 4.98 Å². The van der Waals surface area contributed by atoms with Gasteiger partial charge in [0.2, 0.25) is 0 Å². The fourth-order valence-corrected chi connectivity index (χ4v) is 2.96. The van der Waals surface area contributed by atoms with Crippen molar-refractivity contribution in [3.05, 3.63) is 35.3 Å². The number of hydrogen-bond acceptors (Lipinski definition) is 4. The van der Waals surface area contributed by atoms with Crippen LogP contribution in [0.15, 0.2) is 34.5 Å². The zero-order valence-corrected chi connectivity index (χ0v) is 12.6. The molecule has 1 aromatic heterocycles. The molecule has 0 fully saturated rings. The molecule has 1 atom stereocenters. The molecule has 0 saturated carbocycles. The average molecular weight is 278 g/mol. The fourth-order valence-electron chi connectivity index (χ4n) is 1.58. The van der Waals surface area contributed by atoms with Gasteiger partial charge in [-0.2, -0.15) is 0 Å². The van der Waals surface area contributed by atoms with Crippen molar-refractivity contribution in [1.29, 1.82) is 0 Å². The van der Waals surface area contributed by atoms with Crippen molar-refractivity contribution in [2.45, 2.75) is 30.7 Å². The summed E-state index contributed by atoms with van der Waals surface area (Å²) in [6.45, 7) is 4.12. The van der Waals surface area contributed by atoms with Crippen LogP contribution in [0.1, 0.15) is 26.0 Å². The van der Waals surface area contributed by atoms with Crippen LogP contribution >= 0.6 is 23.1 Å². The zero-order valence-electron chi connectivity index (χ0n) is 10.9. The highest BCUT2D eigenvalue weighted by molar-refractivity contribution is 7.98. The SMILES string of the molecule is CCC(C)(N)c1csc(-c2ccc(SC)cc2)n1.